The third kappa shape index (κ3) is 4.93. The van der Waals surface area contributed by atoms with E-state index >= 15 is 0 Å². The maximum atomic E-state index is 13.0. The van der Waals surface area contributed by atoms with Crippen molar-refractivity contribution in [2.75, 3.05) is 0 Å². The fourth-order valence-electron chi connectivity index (χ4n) is 3.97. The van der Waals surface area contributed by atoms with E-state index in [0.29, 0.717) is 23.5 Å². The lowest BCUT2D eigenvalue weighted by Crippen LogP contribution is -2.14. The molecule has 0 aliphatic carbocycles. The number of fused-ring (bicyclic) bond motifs is 1. The molecule has 5 heteroatoms. The molecule has 0 spiro atoms. The van der Waals surface area contributed by atoms with E-state index < -0.39 is 0 Å². The Morgan fingerprint density at radius 2 is 1.58 bits per heavy atom. The summed E-state index contributed by atoms with van der Waals surface area (Å²) in [5.41, 5.74) is 5.56. The van der Waals surface area contributed by atoms with Gasteiger partial charge in [-0.15, -0.1) is 0 Å². The molecule has 4 aromatic rings. The molecule has 5 nitrogen and oxygen atoms in total. The van der Waals surface area contributed by atoms with Crippen LogP contribution >= 0.6 is 0 Å². The fraction of sp³-hybridized carbons (Fsp3) is 0.346. The normalized spacial score (nSPS) is 11.3. The monoisotopic (exact) mass is 414 g/mol. The third-order valence-electron chi connectivity index (χ3n) is 5.64. The highest BCUT2D eigenvalue weighted by molar-refractivity contribution is 5.73. The van der Waals surface area contributed by atoms with Crippen molar-refractivity contribution in [3.05, 3.63) is 81.9 Å². The molecule has 0 atom stereocenters. The highest BCUT2D eigenvalue weighted by Gasteiger charge is 2.13. The molecule has 2 aromatic heterocycles. The predicted molar refractivity (Wildman–Crippen MR) is 126 cm³/mol. The number of imidazole rings is 1. The molecule has 160 valence electrons. The van der Waals surface area contributed by atoms with E-state index in [4.69, 9.17) is 4.98 Å². The van der Waals surface area contributed by atoms with Gasteiger partial charge in [0.05, 0.1) is 6.33 Å². The lowest BCUT2D eigenvalue weighted by atomic mass is 9.98. The van der Waals surface area contributed by atoms with Gasteiger partial charge in [0.25, 0.3) is 5.56 Å². The number of nitrogens with one attached hydrogen (secondary N) is 1. The van der Waals surface area contributed by atoms with Crippen LogP contribution in [0, 0.1) is 0 Å². The molecule has 31 heavy (non-hydrogen) atoms. The first-order chi connectivity index (χ1) is 15.2. The topological polar surface area (TPSA) is 63.6 Å². The average molecular weight is 415 g/mol. The van der Waals surface area contributed by atoms with Crippen molar-refractivity contribution in [3.63, 3.8) is 0 Å². The Balaban J connectivity index is 1.72. The smallest absolute Gasteiger partial charge is 0.277 e. The van der Waals surface area contributed by atoms with Gasteiger partial charge in [0.2, 0.25) is 0 Å². The number of benzene rings is 2. The average Bonchev–Trinajstić information content (AvgIpc) is 3.20. The molecule has 0 fully saturated rings. The van der Waals surface area contributed by atoms with Gasteiger partial charge in [-0.25, -0.2) is 9.97 Å². The van der Waals surface area contributed by atoms with Gasteiger partial charge >= 0.3 is 0 Å². The van der Waals surface area contributed by atoms with Gasteiger partial charge in [0.15, 0.2) is 11.2 Å². The molecule has 4 rings (SSSR count). The highest BCUT2D eigenvalue weighted by Crippen LogP contribution is 2.22. The lowest BCUT2D eigenvalue weighted by Gasteiger charge is -2.10. The van der Waals surface area contributed by atoms with Crippen molar-refractivity contribution in [3.8, 4) is 11.4 Å². The molecule has 1 N–H and O–H groups in total. The van der Waals surface area contributed by atoms with Crippen LogP contribution in [0.25, 0.3) is 22.6 Å². The van der Waals surface area contributed by atoms with Gasteiger partial charge in [-0.2, -0.15) is 0 Å². The van der Waals surface area contributed by atoms with Crippen LogP contribution in [-0.4, -0.2) is 19.5 Å². The van der Waals surface area contributed by atoms with Crippen molar-refractivity contribution < 1.29 is 0 Å². The van der Waals surface area contributed by atoms with Crippen molar-refractivity contribution in [2.45, 2.75) is 58.9 Å². The number of rotatable bonds is 9. The number of H-pyrrole nitrogens is 1. The number of unbranched alkanes of at least 4 members (excludes halogenated alkanes) is 2. The molecule has 0 saturated carbocycles. The first-order valence-electron chi connectivity index (χ1n) is 11.3. The Labute approximate surface area is 183 Å². The van der Waals surface area contributed by atoms with Gasteiger partial charge in [-0.1, -0.05) is 63.1 Å². The Morgan fingerprint density at radius 3 is 2.23 bits per heavy atom. The van der Waals surface area contributed by atoms with Crippen LogP contribution < -0.4 is 5.56 Å². The number of hydrogen-bond acceptors (Lipinski definition) is 3. The molecule has 0 unspecified atom stereocenters. The van der Waals surface area contributed by atoms with E-state index in [-0.39, 0.29) is 5.56 Å². The van der Waals surface area contributed by atoms with E-state index in [0.717, 1.165) is 49.7 Å². The molecular formula is C26H30N4O. The predicted octanol–water partition coefficient (Wildman–Crippen LogP) is 5.52. The highest BCUT2D eigenvalue weighted by atomic mass is 16.1. The summed E-state index contributed by atoms with van der Waals surface area (Å²) in [7, 11) is 0. The minimum Gasteiger partial charge on any atom is -0.320 e. The zero-order valence-corrected chi connectivity index (χ0v) is 18.4. The maximum Gasteiger partial charge on any atom is 0.277 e. The second-order valence-corrected chi connectivity index (χ2v) is 8.19. The Hall–Kier alpha value is -3.21. The summed E-state index contributed by atoms with van der Waals surface area (Å²) in [5, 5.41) is 0. The summed E-state index contributed by atoms with van der Waals surface area (Å²) in [4.78, 5) is 25.2. The van der Waals surface area contributed by atoms with E-state index in [2.05, 4.69) is 42.0 Å². The Morgan fingerprint density at radius 1 is 0.903 bits per heavy atom. The van der Waals surface area contributed by atoms with Gasteiger partial charge < -0.3 is 9.55 Å². The van der Waals surface area contributed by atoms with Crippen molar-refractivity contribution in [1.29, 1.82) is 0 Å². The van der Waals surface area contributed by atoms with E-state index in [1.807, 2.05) is 34.9 Å². The number of aryl methyl sites for hydroxylation is 2. The first-order valence-corrected chi connectivity index (χ1v) is 11.3. The molecule has 0 amide bonds. The van der Waals surface area contributed by atoms with Crippen LogP contribution in [0.4, 0.5) is 0 Å². The zero-order valence-electron chi connectivity index (χ0n) is 18.4. The van der Waals surface area contributed by atoms with Crippen LogP contribution in [0.15, 0.2) is 59.7 Å². The molecule has 2 heterocycles. The molecule has 0 aliphatic rings. The molecule has 0 bridgehead atoms. The van der Waals surface area contributed by atoms with Gasteiger partial charge in [-0.05, 0) is 54.5 Å². The van der Waals surface area contributed by atoms with E-state index in [1.54, 1.807) is 6.33 Å². The largest absolute Gasteiger partial charge is 0.320 e. The third-order valence-corrected chi connectivity index (χ3v) is 5.64. The van der Waals surface area contributed by atoms with Crippen molar-refractivity contribution >= 4 is 11.2 Å². The molecule has 2 aromatic carbocycles. The second kappa shape index (κ2) is 9.73. The van der Waals surface area contributed by atoms with Crippen molar-refractivity contribution in [1.82, 2.24) is 19.5 Å². The number of aromatic amines is 1. The number of hydrogen-bond donors (Lipinski definition) is 1. The molecule has 0 saturated heterocycles. The van der Waals surface area contributed by atoms with Crippen LogP contribution in [0.3, 0.4) is 0 Å². The summed E-state index contributed by atoms with van der Waals surface area (Å²) < 4.78 is 1.87. The summed E-state index contributed by atoms with van der Waals surface area (Å²) in [5.74, 6) is 0.596. The van der Waals surface area contributed by atoms with Gasteiger partial charge in [0, 0.05) is 12.1 Å². The maximum absolute atomic E-state index is 13.0. The SMILES string of the molecule is CCCCc1cc(CCCC)cc(-c2nc3ncn(Cc4ccccc4)c3c(=O)[nH]2)c1. The van der Waals surface area contributed by atoms with E-state index in [9.17, 15) is 4.79 Å². The quantitative estimate of drug-likeness (QED) is 0.392. The fourth-order valence-corrected chi connectivity index (χ4v) is 3.97. The molecule has 0 radical (unpaired) electrons. The number of nitrogens with zero attached hydrogens (tertiary/aromatic N) is 3. The van der Waals surface area contributed by atoms with Crippen LogP contribution in [-0.2, 0) is 19.4 Å². The first kappa shape index (κ1) is 21.0. The summed E-state index contributed by atoms with van der Waals surface area (Å²) in [6.45, 7) is 5.01. The second-order valence-electron chi connectivity index (χ2n) is 8.19. The summed E-state index contributed by atoms with van der Waals surface area (Å²) >= 11 is 0. The van der Waals surface area contributed by atoms with Crippen LogP contribution in [0.1, 0.15) is 56.2 Å². The lowest BCUT2D eigenvalue weighted by molar-refractivity contribution is 0.780. The molecule has 0 aliphatic heterocycles. The minimum atomic E-state index is -0.150. The van der Waals surface area contributed by atoms with Gasteiger partial charge in [-0.3, -0.25) is 4.79 Å². The summed E-state index contributed by atoms with van der Waals surface area (Å²) in [6, 6.07) is 16.7. The standard InChI is InChI=1S/C26H30N4O/c1-3-5-10-20-14-21(11-6-4-2)16-22(15-20)24-28-25-23(26(31)29-24)30(18-27-25)17-19-12-8-7-9-13-19/h7-9,12-16,18H,3-6,10-11,17H2,1-2H3,(H,28,29,31). The van der Waals surface area contributed by atoms with Crippen LogP contribution in [0.2, 0.25) is 0 Å². The van der Waals surface area contributed by atoms with Crippen LogP contribution in [0.5, 0.6) is 0 Å². The Kier molecular flexibility index (Phi) is 6.60. The zero-order chi connectivity index (χ0) is 21.6. The Bertz CT molecular complexity index is 1180. The minimum absolute atomic E-state index is 0.150. The number of aromatic nitrogens is 4. The summed E-state index contributed by atoms with van der Waals surface area (Å²) in [6.07, 6.45) is 8.42. The van der Waals surface area contributed by atoms with E-state index in [1.165, 1.54) is 11.1 Å². The van der Waals surface area contributed by atoms with Crippen molar-refractivity contribution in [2.24, 2.45) is 0 Å². The van der Waals surface area contributed by atoms with Gasteiger partial charge in [0.1, 0.15) is 5.82 Å². The molecular weight excluding hydrogens is 384 g/mol.